The summed E-state index contributed by atoms with van der Waals surface area (Å²) in [5, 5.41) is 4.72. The number of carbonyl (C=O) groups is 2. The van der Waals surface area contributed by atoms with E-state index in [-0.39, 0.29) is 33.6 Å². The van der Waals surface area contributed by atoms with E-state index in [1.165, 1.54) is 22.8 Å². The molecule has 1 aliphatic carbocycles. The first-order valence-electron chi connectivity index (χ1n) is 22.1. The number of anilines is 2. The van der Waals surface area contributed by atoms with Gasteiger partial charge >= 0.3 is 11.6 Å². The number of thioether (sulfide) groups is 1. The smallest absolute Gasteiger partial charge is 0.446 e. The number of amides is 2. The van der Waals surface area contributed by atoms with E-state index in [0.717, 1.165) is 80.0 Å². The van der Waals surface area contributed by atoms with Gasteiger partial charge in [-0.2, -0.15) is 13.2 Å². The molecule has 0 saturated carbocycles. The van der Waals surface area contributed by atoms with Crippen molar-refractivity contribution in [3.8, 4) is 11.5 Å². The van der Waals surface area contributed by atoms with Gasteiger partial charge in [0.1, 0.15) is 22.7 Å². The minimum atomic E-state index is -4.54. The SMILES string of the molecule is CC1(C)CCC(CN2CCN(c3ccc(C(=O)NSc4ccc(NCC5CN(C(=O)OC(C)(C)C)C5)c(SC(F)(F)F)c4)c(Oc4cnc5[nH]ccc5c4)c3)CC2)=C(c2ccc(Cl)cc2)C1. The van der Waals surface area contributed by atoms with Crippen LogP contribution in [0, 0.1) is 11.3 Å². The number of likely N-dealkylation sites (tertiary alicyclic amines) is 1. The van der Waals surface area contributed by atoms with Crippen LogP contribution in [0.3, 0.4) is 0 Å². The third-order valence-corrected chi connectivity index (χ3v) is 13.8. The van der Waals surface area contributed by atoms with Gasteiger partial charge in [-0.1, -0.05) is 43.2 Å². The second-order valence-electron chi connectivity index (χ2n) is 18.9. The number of fused-ring (bicyclic) bond motifs is 1. The van der Waals surface area contributed by atoms with Crippen LogP contribution in [0.2, 0.25) is 5.02 Å². The molecule has 5 aromatic rings. The van der Waals surface area contributed by atoms with Crippen molar-refractivity contribution in [1.29, 1.82) is 0 Å². The minimum Gasteiger partial charge on any atom is -0.455 e. The molecule has 11 nitrogen and oxygen atoms in total. The van der Waals surface area contributed by atoms with Crippen molar-refractivity contribution in [3.05, 3.63) is 107 Å². The molecule has 0 radical (unpaired) electrons. The normalized spacial score (nSPS) is 17.2. The Bertz CT molecular complexity index is 2580. The number of carbonyl (C=O) groups excluding carboxylic acids is 2. The summed E-state index contributed by atoms with van der Waals surface area (Å²) in [7, 11) is 0. The van der Waals surface area contributed by atoms with Gasteiger partial charge in [0.2, 0.25) is 0 Å². The zero-order valence-corrected chi connectivity index (χ0v) is 40.1. The molecule has 2 amide bonds. The van der Waals surface area contributed by atoms with Gasteiger partial charge in [0.05, 0.1) is 11.8 Å². The van der Waals surface area contributed by atoms with Crippen molar-refractivity contribution in [1.82, 2.24) is 24.5 Å². The number of hydrogen-bond acceptors (Lipinski definition) is 10. The van der Waals surface area contributed by atoms with Gasteiger partial charge in [0.25, 0.3) is 5.91 Å². The van der Waals surface area contributed by atoms with Gasteiger partial charge in [-0.25, -0.2) is 9.78 Å². The molecule has 2 fully saturated rings. The van der Waals surface area contributed by atoms with Gasteiger partial charge < -0.3 is 29.6 Å². The number of halogens is 4. The maximum Gasteiger partial charge on any atom is 0.446 e. The summed E-state index contributed by atoms with van der Waals surface area (Å²) in [6, 6.07) is 22.1. The van der Waals surface area contributed by atoms with Crippen LogP contribution >= 0.6 is 35.3 Å². The first-order valence-corrected chi connectivity index (χ1v) is 24.1. The van der Waals surface area contributed by atoms with Crippen LogP contribution in [-0.4, -0.2) is 95.2 Å². The number of aromatic nitrogens is 2. The third kappa shape index (κ3) is 12.3. The van der Waals surface area contributed by atoms with E-state index in [2.05, 4.69) is 55.8 Å². The number of hydrogen-bond donors (Lipinski definition) is 3. The van der Waals surface area contributed by atoms with Gasteiger partial charge in [-0.3, -0.25) is 14.4 Å². The number of H-pyrrole nitrogens is 1. The topological polar surface area (TPSA) is 115 Å². The van der Waals surface area contributed by atoms with E-state index in [0.29, 0.717) is 47.4 Å². The largest absolute Gasteiger partial charge is 0.455 e. The van der Waals surface area contributed by atoms with Crippen molar-refractivity contribution in [2.24, 2.45) is 11.3 Å². The van der Waals surface area contributed by atoms with Crippen LogP contribution in [0.4, 0.5) is 29.3 Å². The molecule has 0 atom stereocenters. The van der Waals surface area contributed by atoms with Crippen molar-refractivity contribution < 1.29 is 32.2 Å². The summed E-state index contributed by atoms with van der Waals surface area (Å²) in [4.78, 5) is 40.6. The first kappa shape index (κ1) is 47.5. The van der Waals surface area contributed by atoms with E-state index in [4.69, 9.17) is 21.1 Å². The second-order valence-corrected chi connectivity index (χ2v) is 21.4. The van der Waals surface area contributed by atoms with E-state index < -0.39 is 23.1 Å². The van der Waals surface area contributed by atoms with E-state index in [1.54, 1.807) is 56.3 Å². The molecule has 2 aromatic heterocycles. The molecule has 8 rings (SSSR count). The first-order chi connectivity index (χ1) is 31.3. The highest BCUT2D eigenvalue weighted by Crippen LogP contribution is 2.44. The lowest BCUT2D eigenvalue weighted by Gasteiger charge is -2.40. The van der Waals surface area contributed by atoms with E-state index >= 15 is 0 Å². The molecule has 4 heterocycles. The molecule has 350 valence electrons. The number of nitrogens with zero attached hydrogens (tertiary/aromatic N) is 4. The Balaban J connectivity index is 0.945. The Morgan fingerprint density at radius 3 is 2.45 bits per heavy atom. The lowest BCUT2D eigenvalue weighted by Crippen LogP contribution is -2.53. The fraction of sp³-hybridized carbons (Fsp3) is 0.408. The number of benzene rings is 3. The molecule has 0 spiro atoms. The summed E-state index contributed by atoms with van der Waals surface area (Å²) in [5.41, 5.74) is 1.40. The number of ether oxygens (including phenoxy) is 2. The fourth-order valence-electron chi connectivity index (χ4n) is 8.49. The van der Waals surface area contributed by atoms with Gasteiger partial charge in [0.15, 0.2) is 0 Å². The number of piperazine rings is 1. The number of aromatic amines is 1. The quantitative estimate of drug-likeness (QED) is 0.0778. The Hall–Kier alpha value is -5.03. The molecule has 0 unspecified atom stereocenters. The van der Waals surface area contributed by atoms with Crippen molar-refractivity contribution in [3.63, 3.8) is 0 Å². The molecular formula is C49H55ClF3N7O4S2. The van der Waals surface area contributed by atoms with Gasteiger partial charge in [-0.15, -0.1) is 0 Å². The molecule has 3 N–H and O–H groups in total. The molecule has 17 heteroatoms. The minimum absolute atomic E-state index is 0.0346. The Labute approximate surface area is 397 Å². The van der Waals surface area contributed by atoms with Crippen LogP contribution in [0.25, 0.3) is 16.6 Å². The Morgan fingerprint density at radius 1 is 0.970 bits per heavy atom. The summed E-state index contributed by atoms with van der Waals surface area (Å²) < 4.78 is 56.0. The van der Waals surface area contributed by atoms with Crippen LogP contribution in [0.15, 0.2) is 101 Å². The van der Waals surface area contributed by atoms with Crippen molar-refractivity contribution in [2.45, 2.75) is 74.8 Å². The second kappa shape index (κ2) is 19.7. The highest BCUT2D eigenvalue weighted by atomic mass is 35.5. The Kier molecular flexibility index (Phi) is 14.1. The summed E-state index contributed by atoms with van der Waals surface area (Å²) in [6.45, 7) is 15.5. The fourth-order valence-corrected chi connectivity index (χ4v) is 10.0. The van der Waals surface area contributed by atoms with Crippen LogP contribution in [-0.2, 0) is 4.74 Å². The highest BCUT2D eigenvalue weighted by molar-refractivity contribution is 8.00. The van der Waals surface area contributed by atoms with Crippen LogP contribution in [0.5, 0.6) is 11.5 Å². The number of pyridine rings is 1. The van der Waals surface area contributed by atoms with Gasteiger partial charge in [0, 0.05) is 102 Å². The highest BCUT2D eigenvalue weighted by Gasteiger charge is 2.35. The van der Waals surface area contributed by atoms with Crippen molar-refractivity contribution >= 4 is 75.3 Å². The number of nitrogens with one attached hydrogen (secondary N) is 3. The summed E-state index contributed by atoms with van der Waals surface area (Å²) >= 11 is 6.95. The van der Waals surface area contributed by atoms with Crippen LogP contribution < -0.4 is 19.7 Å². The predicted octanol–water partition coefficient (Wildman–Crippen LogP) is 12.1. The molecule has 0 bridgehead atoms. The van der Waals surface area contributed by atoms with Gasteiger partial charge in [-0.05, 0) is 135 Å². The molecule has 3 aliphatic rings. The lowest BCUT2D eigenvalue weighted by molar-refractivity contribution is -0.0328. The summed E-state index contributed by atoms with van der Waals surface area (Å²) in [5.74, 6) is 0.341. The molecule has 2 aliphatic heterocycles. The van der Waals surface area contributed by atoms with Crippen LogP contribution in [0.1, 0.15) is 69.8 Å². The average molecular weight is 963 g/mol. The Morgan fingerprint density at radius 2 is 1.73 bits per heavy atom. The monoisotopic (exact) mass is 961 g/mol. The molecule has 3 aromatic carbocycles. The average Bonchev–Trinajstić information content (AvgIpc) is 3.71. The summed E-state index contributed by atoms with van der Waals surface area (Å²) in [6.07, 6.45) is 6.21. The maximum atomic E-state index is 14.0. The number of alkyl halides is 3. The standard InChI is InChI=1S/C49H55ClF3N7O4S2/c1-47(2,3)64-46(62)60-28-31(29-60)26-55-41-13-11-38(24-43(41)65-49(51,52)53)66-57-45(61)39-12-10-36(23-42(39)63-37-22-33-15-17-54-44(33)56-27-37)59-20-18-58(19-21-59)30-34-14-16-48(4,5)25-40(34)32-6-8-35(50)9-7-32/h6-13,15,17,22-24,27,31,55H,14,16,18-21,25-26,28-30H2,1-5H3,(H,54,56)(H,57,61). The zero-order chi connectivity index (χ0) is 46.8. The molecule has 66 heavy (non-hydrogen) atoms. The lowest BCUT2D eigenvalue weighted by atomic mass is 9.72. The van der Waals surface area contributed by atoms with E-state index in [1.807, 2.05) is 36.4 Å². The zero-order valence-electron chi connectivity index (χ0n) is 37.7. The van der Waals surface area contributed by atoms with E-state index in [9.17, 15) is 22.8 Å². The third-order valence-electron chi connectivity index (χ3n) is 12.0. The molecule has 2 saturated heterocycles. The van der Waals surface area contributed by atoms with Crippen molar-refractivity contribution in [2.75, 3.05) is 62.6 Å². The molecular weight excluding hydrogens is 907 g/mol. The maximum absolute atomic E-state index is 14.0. The number of rotatable bonds is 13. The number of allylic oxidation sites excluding steroid dienone is 1. The predicted molar refractivity (Wildman–Crippen MR) is 259 cm³/mol.